The van der Waals surface area contributed by atoms with Crippen molar-refractivity contribution in [1.82, 2.24) is 14.5 Å². The highest BCUT2D eigenvalue weighted by molar-refractivity contribution is 7.54. The van der Waals surface area contributed by atoms with E-state index in [0.717, 1.165) is 0 Å². The summed E-state index contributed by atoms with van der Waals surface area (Å²) in [6.45, 7) is 4.50. The third-order valence-corrected chi connectivity index (χ3v) is 8.36. The largest absolute Gasteiger partial charge is 0.463 e. The van der Waals surface area contributed by atoms with Crippen LogP contribution in [0.2, 0.25) is 0 Å². The molecule has 0 bridgehead atoms. The molecule has 0 saturated carbocycles. The number of nitrogens with two attached hydrogens (primary N) is 2. The number of aromatic nitrogens is 3. The molecule has 1 saturated heterocycles. The Morgan fingerprint density at radius 1 is 1.32 bits per heavy atom. The van der Waals surface area contributed by atoms with E-state index in [1.165, 1.54) is 16.8 Å². The second-order valence-electron chi connectivity index (χ2n) is 9.84. The molecule has 1 aliphatic rings. The fourth-order valence-electron chi connectivity index (χ4n) is 4.34. The molecule has 1 unspecified atom stereocenters. The van der Waals surface area contributed by atoms with Gasteiger partial charge < -0.3 is 35.1 Å². The van der Waals surface area contributed by atoms with E-state index < -0.39 is 55.6 Å². The number of carbonyl (C=O) groups excluding carboxylic acids is 1. The van der Waals surface area contributed by atoms with Gasteiger partial charge in [-0.15, -0.1) is 6.42 Å². The standard InChI is InChI=1S/C26H32N5O8P/c1-5-26(28)20(32)19(38-24(26)31-12-11-18-21(31)29-25(27)30-22(18)33)13-36-40(35,39-17-9-7-6-8-10-17)14-16(4)23(34)37-15(2)3/h1,6-12,15-16,19-20,24,32H,13-14,28H2,2-4H3,(H3,27,29,30,33)/t16-,19-,20+,24-,26?,40+/m1/s1. The van der Waals surface area contributed by atoms with Crippen molar-refractivity contribution in [2.45, 2.75) is 50.8 Å². The number of nitrogen functional groups attached to an aromatic ring is 1. The van der Waals surface area contributed by atoms with E-state index in [2.05, 4.69) is 15.9 Å². The number of benzene rings is 1. The van der Waals surface area contributed by atoms with Gasteiger partial charge in [-0.2, -0.15) is 4.98 Å². The van der Waals surface area contributed by atoms with Gasteiger partial charge in [0.2, 0.25) is 5.95 Å². The van der Waals surface area contributed by atoms with Crippen LogP contribution in [0.15, 0.2) is 47.4 Å². The second kappa shape index (κ2) is 11.4. The van der Waals surface area contributed by atoms with Crippen LogP contribution in [0.1, 0.15) is 27.0 Å². The van der Waals surface area contributed by atoms with Crippen molar-refractivity contribution in [2.24, 2.45) is 11.7 Å². The molecule has 1 fully saturated rings. The van der Waals surface area contributed by atoms with Gasteiger partial charge in [-0.1, -0.05) is 31.0 Å². The normalized spacial score (nSPS) is 24.9. The van der Waals surface area contributed by atoms with Gasteiger partial charge in [0, 0.05) is 6.20 Å². The van der Waals surface area contributed by atoms with Gasteiger partial charge >= 0.3 is 13.6 Å². The number of nitrogens with one attached hydrogen (secondary N) is 1. The molecule has 14 heteroatoms. The average Bonchev–Trinajstić information content (AvgIpc) is 3.42. The van der Waals surface area contributed by atoms with E-state index in [1.807, 2.05) is 0 Å². The number of para-hydroxylation sites is 1. The maximum absolute atomic E-state index is 13.9. The maximum atomic E-state index is 13.9. The number of ether oxygens (including phenoxy) is 2. The second-order valence-corrected chi connectivity index (χ2v) is 11.9. The first-order valence-electron chi connectivity index (χ1n) is 12.5. The third kappa shape index (κ3) is 5.91. The van der Waals surface area contributed by atoms with Crippen LogP contribution >= 0.6 is 7.60 Å². The van der Waals surface area contributed by atoms with Gasteiger partial charge in [0.05, 0.1) is 30.2 Å². The van der Waals surface area contributed by atoms with Crippen molar-refractivity contribution in [3.05, 3.63) is 52.9 Å². The zero-order chi connectivity index (χ0) is 29.2. The van der Waals surface area contributed by atoms with Crippen LogP contribution in [0.3, 0.4) is 0 Å². The third-order valence-electron chi connectivity index (χ3n) is 6.33. The van der Waals surface area contributed by atoms with Crippen LogP contribution in [0.5, 0.6) is 5.75 Å². The Labute approximate surface area is 230 Å². The molecule has 214 valence electrons. The van der Waals surface area contributed by atoms with Gasteiger partial charge in [-0.3, -0.25) is 19.1 Å². The molecular weight excluding hydrogens is 541 g/mol. The highest BCUT2D eigenvalue weighted by Gasteiger charge is 2.55. The molecule has 6 atom stereocenters. The molecule has 0 amide bonds. The quantitative estimate of drug-likeness (QED) is 0.157. The number of rotatable bonds is 10. The first-order valence-corrected chi connectivity index (χ1v) is 14.2. The lowest BCUT2D eigenvalue weighted by Crippen LogP contribution is -2.53. The number of fused-ring (bicyclic) bond motifs is 1. The average molecular weight is 574 g/mol. The lowest BCUT2D eigenvalue weighted by atomic mass is 9.92. The molecule has 1 aromatic carbocycles. The van der Waals surface area contributed by atoms with Gasteiger partial charge in [-0.05, 0) is 32.0 Å². The molecule has 4 rings (SSSR count). The molecule has 0 aliphatic carbocycles. The number of hydrogen-bond acceptors (Lipinski definition) is 11. The topological polar surface area (TPSA) is 194 Å². The van der Waals surface area contributed by atoms with Crippen molar-refractivity contribution in [3.63, 3.8) is 0 Å². The smallest absolute Gasteiger partial charge is 0.380 e. The van der Waals surface area contributed by atoms with Crippen molar-refractivity contribution >= 4 is 30.5 Å². The number of aliphatic hydroxyl groups excluding tert-OH is 1. The molecule has 40 heavy (non-hydrogen) atoms. The molecule has 3 aromatic rings. The Morgan fingerprint density at radius 2 is 2.02 bits per heavy atom. The fraction of sp³-hybridized carbons (Fsp3) is 0.423. The number of carbonyl (C=O) groups is 1. The minimum Gasteiger partial charge on any atom is -0.463 e. The summed E-state index contributed by atoms with van der Waals surface area (Å²) in [5.74, 6) is 1.09. The van der Waals surface area contributed by atoms with Crippen molar-refractivity contribution in [3.8, 4) is 18.1 Å². The number of hydrogen-bond donors (Lipinski definition) is 4. The van der Waals surface area contributed by atoms with Gasteiger partial charge in [0.1, 0.15) is 18.0 Å². The van der Waals surface area contributed by atoms with Crippen molar-refractivity contribution in [1.29, 1.82) is 0 Å². The number of aliphatic hydroxyl groups is 1. The Morgan fingerprint density at radius 3 is 2.67 bits per heavy atom. The number of aromatic amines is 1. The lowest BCUT2D eigenvalue weighted by molar-refractivity contribution is -0.151. The zero-order valence-corrected chi connectivity index (χ0v) is 23.1. The minimum absolute atomic E-state index is 0.136. The number of esters is 1. The first-order chi connectivity index (χ1) is 18.9. The first kappa shape index (κ1) is 29.3. The summed E-state index contributed by atoms with van der Waals surface area (Å²) in [7, 11) is -4.02. The molecule has 6 N–H and O–H groups in total. The summed E-state index contributed by atoms with van der Waals surface area (Å²) in [6, 6.07) is 9.79. The number of nitrogens with zero attached hydrogens (tertiary/aromatic N) is 2. The fourth-order valence-corrected chi connectivity index (χ4v) is 6.21. The summed E-state index contributed by atoms with van der Waals surface area (Å²) in [6.07, 6.45) is 2.68. The minimum atomic E-state index is -4.02. The van der Waals surface area contributed by atoms with Crippen LogP contribution < -0.4 is 21.6 Å². The van der Waals surface area contributed by atoms with Crippen LogP contribution in [0, 0.1) is 18.3 Å². The molecule has 3 heterocycles. The summed E-state index contributed by atoms with van der Waals surface area (Å²) < 4.78 is 38.1. The molecular formula is C26H32N5O8P. The molecule has 2 aromatic heterocycles. The molecule has 1 aliphatic heterocycles. The number of terminal acetylenes is 1. The van der Waals surface area contributed by atoms with Gasteiger partial charge in [0.25, 0.3) is 5.56 Å². The van der Waals surface area contributed by atoms with E-state index in [9.17, 15) is 19.3 Å². The summed E-state index contributed by atoms with van der Waals surface area (Å²) in [4.78, 5) is 31.3. The molecule has 13 nitrogen and oxygen atoms in total. The predicted molar refractivity (Wildman–Crippen MR) is 146 cm³/mol. The van der Waals surface area contributed by atoms with Gasteiger partial charge in [0.15, 0.2) is 17.4 Å². The Hall–Kier alpha value is -3.66. The van der Waals surface area contributed by atoms with Crippen LogP contribution in [0.4, 0.5) is 5.95 Å². The number of anilines is 1. The molecule has 0 radical (unpaired) electrons. The van der Waals surface area contributed by atoms with Crippen LogP contribution in [-0.4, -0.2) is 62.2 Å². The Balaban J connectivity index is 1.59. The van der Waals surface area contributed by atoms with E-state index in [1.54, 1.807) is 51.1 Å². The SMILES string of the molecule is C#CC1(N)[C@@H](O)[C@@H](CO[P@@](=O)(C[C@@H](C)C(=O)OC(C)C)Oc2ccccc2)O[C@H]1n1ccc2c(=O)[nH]c(N)nc21. The highest BCUT2D eigenvalue weighted by atomic mass is 31.2. The van der Waals surface area contributed by atoms with Gasteiger partial charge in [-0.25, -0.2) is 4.57 Å². The van der Waals surface area contributed by atoms with Crippen molar-refractivity contribution in [2.75, 3.05) is 18.5 Å². The predicted octanol–water partition coefficient (Wildman–Crippen LogP) is 1.77. The summed E-state index contributed by atoms with van der Waals surface area (Å²) in [5.41, 5.74) is 10.0. The molecule has 0 spiro atoms. The summed E-state index contributed by atoms with van der Waals surface area (Å²) >= 11 is 0. The van der Waals surface area contributed by atoms with E-state index in [-0.39, 0.29) is 35.0 Å². The Bertz CT molecular complexity index is 1520. The van der Waals surface area contributed by atoms with E-state index in [4.69, 9.17) is 36.4 Å². The number of H-pyrrole nitrogens is 1. The zero-order valence-electron chi connectivity index (χ0n) is 22.2. The van der Waals surface area contributed by atoms with Crippen LogP contribution in [0.25, 0.3) is 11.0 Å². The summed E-state index contributed by atoms with van der Waals surface area (Å²) in [5, 5.41) is 11.3. The Kier molecular flexibility index (Phi) is 8.39. The highest BCUT2D eigenvalue weighted by Crippen LogP contribution is 2.51. The van der Waals surface area contributed by atoms with Crippen LogP contribution in [-0.2, 0) is 23.4 Å². The van der Waals surface area contributed by atoms with Crippen molar-refractivity contribution < 1.29 is 33.0 Å². The monoisotopic (exact) mass is 573 g/mol. The van der Waals surface area contributed by atoms with E-state index in [0.29, 0.717) is 0 Å². The van der Waals surface area contributed by atoms with E-state index >= 15 is 0 Å². The maximum Gasteiger partial charge on any atom is 0.380 e. The lowest BCUT2D eigenvalue weighted by Gasteiger charge is -2.28.